The van der Waals surface area contributed by atoms with Crippen molar-refractivity contribution in [3.63, 3.8) is 0 Å². The Morgan fingerprint density at radius 3 is 2.00 bits per heavy atom. The number of aliphatic carboxylic acids is 1. The van der Waals surface area contributed by atoms with Crippen molar-refractivity contribution in [3.8, 4) is 16.9 Å². The molecule has 0 bridgehead atoms. The average molecular weight is 514 g/mol. The van der Waals surface area contributed by atoms with E-state index in [2.05, 4.69) is 82.9 Å². The fourth-order valence-electron chi connectivity index (χ4n) is 4.55. The van der Waals surface area contributed by atoms with Gasteiger partial charge in [-0.2, -0.15) is 0 Å². The van der Waals surface area contributed by atoms with Crippen molar-refractivity contribution < 1.29 is 19.4 Å². The normalized spacial score (nSPS) is 12.1. The second-order valence-corrected chi connectivity index (χ2v) is 11.2. The first-order valence-corrected chi connectivity index (χ1v) is 13.0. The number of amides is 1. The third-order valence-electron chi connectivity index (χ3n) is 6.42. The van der Waals surface area contributed by atoms with Crippen LogP contribution in [-0.4, -0.2) is 23.5 Å². The van der Waals surface area contributed by atoms with Gasteiger partial charge in [0.05, 0.1) is 6.42 Å². The standard InChI is InChI=1S/C33H39NO4/c1-21(2)24-8-12-26(13-9-24)31-22(3)18-28(19-23(31)4)38-29(20-33(5,6)7)25-10-14-27(15-11-25)32(37)34-17-16-30(35)36/h8-15,18-19,29H,1,16-17,20H2,2-7H3,(H,34,37)(H,35,36). The summed E-state index contributed by atoms with van der Waals surface area (Å²) in [6.45, 7) is 16.9. The first-order chi connectivity index (χ1) is 17.8. The molecule has 0 aromatic heterocycles. The molecule has 0 aliphatic heterocycles. The summed E-state index contributed by atoms with van der Waals surface area (Å²) in [5.41, 5.74) is 8.34. The number of ether oxygens (including phenoxy) is 1. The molecule has 0 saturated carbocycles. The number of allylic oxidation sites excluding steroid dienone is 1. The molecule has 1 unspecified atom stereocenters. The monoisotopic (exact) mass is 513 g/mol. The van der Waals surface area contributed by atoms with Gasteiger partial charge >= 0.3 is 5.97 Å². The van der Waals surface area contributed by atoms with Crippen LogP contribution < -0.4 is 10.1 Å². The molecule has 0 aliphatic rings. The molecule has 200 valence electrons. The highest BCUT2D eigenvalue weighted by Crippen LogP contribution is 2.37. The fourth-order valence-corrected chi connectivity index (χ4v) is 4.55. The van der Waals surface area contributed by atoms with Crippen molar-refractivity contribution in [2.75, 3.05) is 6.54 Å². The third kappa shape index (κ3) is 7.82. The van der Waals surface area contributed by atoms with Gasteiger partial charge in [-0.25, -0.2) is 0 Å². The molecule has 3 aromatic rings. The highest BCUT2D eigenvalue weighted by molar-refractivity contribution is 5.94. The lowest BCUT2D eigenvalue weighted by molar-refractivity contribution is -0.136. The van der Waals surface area contributed by atoms with Crippen molar-refractivity contribution in [2.24, 2.45) is 5.41 Å². The third-order valence-corrected chi connectivity index (χ3v) is 6.42. The van der Waals surface area contributed by atoms with Gasteiger partial charge in [-0.3, -0.25) is 9.59 Å². The summed E-state index contributed by atoms with van der Waals surface area (Å²) in [5.74, 6) is -0.418. The van der Waals surface area contributed by atoms with Crippen LogP contribution in [0.5, 0.6) is 5.75 Å². The number of hydrogen-bond donors (Lipinski definition) is 2. The molecule has 0 aliphatic carbocycles. The second-order valence-electron chi connectivity index (χ2n) is 11.2. The molecule has 3 aromatic carbocycles. The quantitative estimate of drug-likeness (QED) is 0.290. The Hall–Kier alpha value is -3.86. The minimum atomic E-state index is -0.943. The number of nitrogens with one attached hydrogen (secondary N) is 1. The zero-order valence-electron chi connectivity index (χ0n) is 23.4. The predicted molar refractivity (Wildman–Crippen MR) is 155 cm³/mol. The average Bonchev–Trinajstić information content (AvgIpc) is 2.82. The van der Waals surface area contributed by atoms with Crippen LogP contribution in [-0.2, 0) is 4.79 Å². The summed E-state index contributed by atoms with van der Waals surface area (Å²) in [4.78, 5) is 23.1. The van der Waals surface area contributed by atoms with Crippen LogP contribution >= 0.6 is 0 Å². The zero-order valence-corrected chi connectivity index (χ0v) is 23.4. The van der Waals surface area contributed by atoms with E-state index in [1.807, 2.05) is 19.1 Å². The smallest absolute Gasteiger partial charge is 0.305 e. The second kappa shape index (κ2) is 12.1. The first-order valence-electron chi connectivity index (χ1n) is 13.0. The number of carboxylic acid groups (broad SMARTS) is 1. The Morgan fingerprint density at radius 1 is 0.947 bits per heavy atom. The summed E-state index contributed by atoms with van der Waals surface area (Å²) in [6, 6.07) is 20.0. The molecule has 5 heteroatoms. The van der Waals surface area contributed by atoms with Crippen molar-refractivity contribution >= 4 is 17.4 Å². The molecule has 0 saturated heterocycles. The number of hydrogen-bond acceptors (Lipinski definition) is 3. The highest BCUT2D eigenvalue weighted by atomic mass is 16.5. The van der Waals surface area contributed by atoms with E-state index in [1.54, 1.807) is 12.1 Å². The number of carbonyl (C=O) groups excluding carboxylic acids is 1. The topological polar surface area (TPSA) is 75.6 Å². The molecule has 0 heterocycles. The van der Waals surface area contributed by atoms with E-state index >= 15 is 0 Å². The Labute approximate surface area is 226 Å². The molecule has 1 amide bonds. The molecular weight excluding hydrogens is 474 g/mol. The Bertz CT molecular complexity index is 1280. The van der Waals surface area contributed by atoms with Gasteiger partial charge in [0, 0.05) is 12.1 Å². The van der Waals surface area contributed by atoms with Crippen LogP contribution in [0.1, 0.15) is 79.3 Å². The van der Waals surface area contributed by atoms with Crippen LogP contribution in [0.4, 0.5) is 0 Å². The molecule has 0 radical (unpaired) electrons. The number of aryl methyl sites for hydroxylation is 2. The molecule has 2 N–H and O–H groups in total. The van der Waals surface area contributed by atoms with E-state index in [1.165, 1.54) is 11.1 Å². The van der Waals surface area contributed by atoms with Crippen molar-refractivity contribution in [2.45, 2.75) is 60.5 Å². The highest BCUT2D eigenvalue weighted by Gasteiger charge is 2.23. The van der Waals surface area contributed by atoms with Gasteiger partial charge in [0.1, 0.15) is 11.9 Å². The van der Waals surface area contributed by atoms with Gasteiger partial charge in [-0.1, -0.05) is 69.3 Å². The maximum absolute atomic E-state index is 12.4. The largest absolute Gasteiger partial charge is 0.486 e. The van der Waals surface area contributed by atoms with Gasteiger partial charge in [-0.05, 0) is 90.3 Å². The van der Waals surface area contributed by atoms with Crippen LogP contribution in [0, 0.1) is 19.3 Å². The lowest BCUT2D eigenvalue weighted by atomic mass is 9.86. The lowest BCUT2D eigenvalue weighted by Gasteiger charge is -2.28. The van der Waals surface area contributed by atoms with Crippen LogP contribution in [0.3, 0.4) is 0 Å². The summed E-state index contributed by atoms with van der Waals surface area (Å²) in [7, 11) is 0. The minimum absolute atomic E-state index is 0.0204. The van der Waals surface area contributed by atoms with Crippen molar-refractivity contribution in [1.29, 1.82) is 0 Å². The predicted octanol–water partition coefficient (Wildman–Crippen LogP) is 7.76. The molecule has 3 rings (SSSR count). The number of carboxylic acids is 1. The first kappa shape index (κ1) is 28.7. The molecule has 0 fully saturated rings. The van der Waals surface area contributed by atoms with Crippen LogP contribution in [0.25, 0.3) is 16.7 Å². The van der Waals surface area contributed by atoms with Gasteiger partial charge < -0.3 is 15.2 Å². The molecule has 5 nitrogen and oxygen atoms in total. The van der Waals surface area contributed by atoms with E-state index in [4.69, 9.17) is 9.84 Å². The maximum Gasteiger partial charge on any atom is 0.305 e. The number of benzene rings is 3. The van der Waals surface area contributed by atoms with Crippen LogP contribution in [0.15, 0.2) is 67.2 Å². The Morgan fingerprint density at radius 2 is 1.50 bits per heavy atom. The molecule has 0 spiro atoms. The zero-order chi connectivity index (χ0) is 28.0. The summed E-state index contributed by atoms with van der Waals surface area (Å²) in [5, 5.41) is 11.4. The molecule has 38 heavy (non-hydrogen) atoms. The summed E-state index contributed by atoms with van der Waals surface area (Å²) in [6.07, 6.45) is 0.487. The van der Waals surface area contributed by atoms with Gasteiger partial charge in [0.2, 0.25) is 0 Å². The minimum Gasteiger partial charge on any atom is -0.486 e. The number of rotatable bonds is 10. The van der Waals surface area contributed by atoms with Gasteiger partial charge in [0.25, 0.3) is 5.91 Å². The Kier molecular flexibility index (Phi) is 9.16. The van der Waals surface area contributed by atoms with Crippen molar-refractivity contribution in [3.05, 3.63) is 95.1 Å². The number of carbonyl (C=O) groups is 2. The molecular formula is C33H39NO4. The fraction of sp³-hybridized carbons (Fsp3) is 0.333. The van der Waals surface area contributed by atoms with E-state index in [0.717, 1.165) is 40.0 Å². The lowest BCUT2D eigenvalue weighted by Crippen LogP contribution is -2.26. The summed E-state index contributed by atoms with van der Waals surface area (Å²) < 4.78 is 6.59. The van der Waals surface area contributed by atoms with Gasteiger partial charge in [0.15, 0.2) is 0 Å². The van der Waals surface area contributed by atoms with E-state index in [-0.39, 0.29) is 30.4 Å². The van der Waals surface area contributed by atoms with E-state index < -0.39 is 5.97 Å². The van der Waals surface area contributed by atoms with E-state index in [9.17, 15) is 9.59 Å². The van der Waals surface area contributed by atoms with Gasteiger partial charge in [-0.15, -0.1) is 0 Å². The summed E-state index contributed by atoms with van der Waals surface area (Å²) >= 11 is 0. The molecule has 1 atom stereocenters. The van der Waals surface area contributed by atoms with Crippen molar-refractivity contribution in [1.82, 2.24) is 5.32 Å². The Balaban J connectivity index is 1.84. The van der Waals surface area contributed by atoms with Crippen LogP contribution in [0.2, 0.25) is 0 Å². The maximum atomic E-state index is 12.4. The SMILES string of the molecule is C=C(C)c1ccc(-c2c(C)cc(OC(CC(C)(C)C)c3ccc(C(=O)NCCC(=O)O)cc3)cc2C)cc1. The van der Waals surface area contributed by atoms with E-state index in [0.29, 0.717) is 5.56 Å².